The molecule has 4 rings (SSSR count). The number of likely N-dealkylation sites (tertiary alicyclic amines) is 1. The molecule has 8 heteroatoms. The van der Waals surface area contributed by atoms with E-state index in [1.54, 1.807) is 35.0 Å². The van der Waals surface area contributed by atoms with Crippen molar-refractivity contribution in [2.75, 3.05) is 13.1 Å². The predicted molar refractivity (Wildman–Crippen MR) is 97.4 cm³/mol. The second-order valence-corrected chi connectivity index (χ2v) is 6.49. The van der Waals surface area contributed by atoms with Gasteiger partial charge in [-0.25, -0.2) is 4.68 Å². The van der Waals surface area contributed by atoms with Crippen molar-refractivity contribution in [2.24, 2.45) is 7.05 Å². The van der Waals surface area contributed by atoms with E-state index >= 15 is 0 Å². The lowest BCUT2D eigenvalue weighted by atomic mass is 10.1. The first-order valence-electron chi connectivity index (χ1n) is 8.65. The Morgan fingerprint density at radius 3 is 2.74 bits per heavy atom. The fraction of sp³-hybridized carbons (Fsp3) is 0.263. The molecule has 1 amide bonds. The minimum Gasteiger partial charge on any atom is -0.487 e. The van der Waals surface area contributed by atoms with E-state index in [1.165, 1.54) is 4.57 Å². The molecule has 138 valence electrons. The summed E-state index contributed by atoms with van der Waals surface area (Å²) in [4.78, 5) is 26.2. The van der Waals surface area contributed by atoms with E-state index in [9.17, 15) is 9.59 Å². The average molecular weight is 365 g/mol. The van der Waals surface area contributed by atoms with Crippen LogP contribution in [0, 0.1) is 0 Å². The van der Waals surface area contributed by atoms with Gasteiger partial charge >= 0.3 is 0 Å². The van der Waals surface area contributed by atoms with Crippen LogP contribution in [0.5, 0.6) is 5.75 Å². The normalized spacial score (nSPS) is 14.0. The number of hydrogen-bond donors (Lipinski definition) is 0. The number of carbonyl (C=O) groups is 1. The van der Waals surface area contributed by atoms with Crippen molar-refractivity contribution < 1.29 is 9.53 Å². The number of ether oxygens (including phenoxy) is 1. The molecule has 0 bridgehead atoms. The van der Waals surface area contributed by atoms with E-state index in [-0.39, 0.29) is 23.1 Å². The number of carbonyl (C=O) groups excluding carboxylic acids is 1. The molecular weight excluding hydrogens is 346 g/mol. The maximum absolute atomic E-state index is 12.5. The fourth-order valence-electron chi connectivity index (χ4n) is 2.95. The molecule has 1 aliphatic rings. The van der Waals surface area contributed by atoms with Crippen LogP contribution in [0.1, 0.15) is 22.1 Å². The van der Waals surface area contributed by atoms with Crippen LogP contribution in [-0.2, 0) is 13.7 Å². The number of benzene rings is 1. The predicted octanol–water partition coefficient (Wildman–Crippen LogP) is 1.25. The lowest BCUT2D eigenvalue weighted by molar-refractivity contribution is 0.0496. The minimum absolute atomic E-state index is 0.0551. The molecule has 0 N–H and O–H groups in total. The SMILES string of the molecule is Cn1cccc(C(=O)N2CC(n3cc(COc4ccccc4)nn3)C2)c1=O. The summed E-state index contributed by atoms with van der Waals surface area (Å²) in [6.45, 7) is 1.33. The Kier molecular flexibility index (Phi) is 4.45. The van der Waals surface area contributed by atoms with Crippen LogP contribution in [0.3, 0.4) is 0 Å². The van der Waals surface area contributed by atoms with Crippen LogP contribution in [0.4, 0.5) is 0 Å². The standard InChI is InChI=1S/C19H19N5O3/c1-22-9-5-8-17(18(22)25)19(26)23-11-15(12-23)24-10-14(20-21-24)13-27-16-6-3-2-4-7-16/h2-10,15H,11-13H2,1H3. The second kappa shape index (κ2) is 7.06. The molecule has 1 saturated heterocycles. The first-order valence-corrected chi connectivity index (χ1v) is 8.65. The second-order valence-electron chi connectivity index (χ2n) is 6.49. The van der Waals surface area contributed by atoms with Crippen molar-refractivity contribution in [3.8, 4) is 5.75 Å². The van der Waals surface area contributed by atoms with Crippen LogP contribution < -0.4 is 10.3 Å². The Hall–Kier alpha value is -3.42. The highest BCUT2D eigenvalue weighted by atomic mass is 16.5. The molecule has 0 aliphatic carbocycles. The molecule has 0 spiro atoms. The molecule has 3 aromatic rings. The summed E-state index contributed by atoms with van der Waals surface area (Å²) < 4.78 is 8.81. The maximum atomic E-state index is 12.5. The molecule has 8 nitrogen and oxygen atoms in total. The van der Waals surface area contributed by atoms with Crippen LogP contribution in [-0.4, -0.2) is 43.5 Å². The Bertz CT molecular complexity index is 1010. The Morgan fingerprint density at radius 1 is 1.19 bits per heavy atom. The molecule has 1 aliphatic heterocycles. The van der Waals surface area contributed by atoms with Crippen molar-refractivity contribution in [1.82, 2.24) is 24.5 Å². The topological polar surface area (TPSA) is 82.2 Å². The van der Waals surface area contributed by atoms with E-state index in [1.807, 2.05) is 36.5 Å². The van der Waals surface area contributed by atoms with Crippen LogP contribution in [0.2, 0.25) is 0 Å². The fourth-order valence-corrected chi connectivity index (χ4v) is 2.95. The summed E-state index contributed by atoms with van der Waals surface area (Å²) in [5.41, 5.74) is 0.626. The summed E-state index contributed by atoms with van der Waals surface area (Å²) in [5, 5.41) is 8.25. The molecule has 0 saturated carbocycles. The van der Waals surface area contributed by atoms with Gasteiger partial charge in [-0.2, -0.15) is 0 Å². The number of aromatic nitrogens is 4. The van der Waals surface area contributed by atoms with Crippen molar-refractivity contribution in [3.05, 3.63) is 76.5 Å². The number of hydrogen-bond acceptors (Lipinski definition) is 5. The first-order chi connectivity index (χ1) is 13.1. The summed E-state index contributed by atoms with van der Waals surface area (Å²) in [7, 11) is 1.63. The van der Waals surface area contributed by atoms with Gasteiger partial charge < -0.3 is 14.2 Å². The van der Waals surface area contributed by atoms with E-state index in [4.69, 9.17) is 4.74 Å². The third-order valence-electron chi connectivity index (χ3n) is 4.56. The zero-order valence-electron chi connectivity index (χ0n) is 14.9. The zero-order valence-corrected chi connectivity index (χ0v) is 14.9. The number of nitrogens with zero attached hydrogens (tertiary/aromatic N) is 5. The van der Waals surface area contributed by atoms with E-state index < -0.39 is 0 Å². The number of amides is 1. The highest BCUT2D eigenvalue weighted by molar-refractivity contribution is 5.94. The van der Waals surface area contributed by atoms with E-state index in [0.717, 1.165) is 11.4 Å². The molecule has 27 heavy (non-hydrogen) atoms. The van der Waals surface area contributed by atoms with Gasteiger partial charge in [-0.1, -0.05) is 23.4 Å². The lowest BCUT2D eigenvalue weighted by Gasteiger charge is -2.38. The molecule has 1 aromatic carbocycles. The summed E-state index contributed by atoms with van der Waals surface area (Å²) in [6.07, 6.45) is 3.46. The largest absolute Gasteiger partial charge is 0.487 e. The smallest absolute Gasteiger partial charge is 0.263 e. The van der Waals surface area contributed by atoms with E-state index in [2.05, 4.69) is 10.3 Å². The third kappa shape index (κ3) is 3.46. The van der Waals surface area contributed by atoms with Crippen LogP contribution >= 0.6 is 0 Å². The monoisotopic (exact) mass is 365 g/mol. The van der Waals surface area contributed by atoms with Crippen LogP contribution in [0.25, 0.3) is 0 Å². The Labute approximate surface area is 155 Å². The Morgan fingerprint density at radius 2 is 1.96 bits per heavy atom. The highest BCUT2D eigenvalue weighted by Gasteiger charge is 2.34. The third-order valence-corrected chi connectivity index (χ3v) is 4.56. The first kappa shape index (κ1) is 17.0. The molecule has 0 unspecified atom stereocenters. The number of rotatable bonds is 5. The lowest BCUT2D eigenvalue weighted by Crippen LogP contribution is -2.52. The van der Waals surface area contributed by atoms with Crippen molar-refractivity contribution in [2.45, 2.75) is 12.6 Å². The van der Waals surface area contributed by atoms with Crippen molar-refractivity contribution in [1.29, 1.82) is 0 Å². The minimum atomic E-state index is -0.285. The maximum Gasteiger partial charge on any atom is 0.263 e. The van der Waals surface area contributed by atoms with Gasteiger partial charge in [0.2, 0.25) is 0 Å². The average Bonchev–Trinajstić information content (AvgIpc) is 3.10. The van der Waals surface area contributed by atoms with Gasteiger partial charge in [0.1, 0.15) is 23.6 Å². The van der Waals surface area contributed by atoms with Gasteiger partial charge in [0.15, 0.2) is 0 Å². The van der Waals surface area contributed by atoms with Gasteiger partial charge in [0.25, 0.3) is 11.5 Å². The number of para-hydroxylation sites is 1. The molecule has 2 aromatic heterocycles. The molecule has 0 atom stereocenters. The van der Waals surface area contributed by atoms with Crippen LogP contribution in [0.15, 0.2) is 59.7 Å². The Balaban J connectivity index is 1.34. The number of pyridine rings is 1. The molecule has 1 fully saturated rings. The molecule has 0 radical (unpaired) electrons. The summed E-state index contributed by atoms with van der Waals surface area (Å²) >= 11 is 0. The summed E-state index contributed by atoms with van der Waals surface area (Å²) in [5.74, 6) is 0.525. The molecular formula is C19H19N5O3. The van der Waals surface area contributed by atoms with Crippen molar-refractivity contribution in [3.63, 3.8) is 0 Å². The van der Waals surface area contributed by atoms with Crippen molar-refractivity contribution >= 4 is 5.91 Å². The van der Waals surface area contributed by atoms with Gasteiger partial charge in [0.05, 0.1) is 12.2 Å². The van der Waals surface area contributed by atoms with E-state index in [0.29, 0.717) is 19.7 Å². The summed E-state index contributed by atoms with van der Waals surface area (Å²) in [6, 6.07) is 12.8. The number of aryl methyl sites for hydroxylation is 1. The molecule has 3 heterocycles. The van der Waals surface area contributed by atoms with Gasteiger partial charge in [-0.15, -0.1) is 5.10 Å². The van der Waals surface area contributed by atoms with Gasteiger partial charge in [-0.3, -0.25) is 9.59 Å². The highest BCUT2D eigenvalue weighted by Crippen LogP contribution is 2.22. The zero-order chi connectivity index (χ0) is 18.8. The quantitative estimate of drug-likeness (QED) is 0.680. The van der Waals surface area contributed by atoms with Gasteiger partial charge in [-0.05, 0) is 24.3 Å². The van der Waals surface area contributed by atoms with Gasteiger partial charge in [0, 0.05) is 26.3 Å².